The second-order valence-corrected chi connectivity index (χ2v) is 6.56. The molecular formula is C21H19N5. The van der Waals surface area contributed by atoms with E-state index in [0.717, 1.165) is 23.6 Å². The summed E-state index contributed by atoms with van der Waals surface area (Å²) in [6, 6.07) is 20.1. The second-order valence-electron chi connectivity index (χ2n) is 6.56. The van der Waals surface area contributed by atoms with Gasteiger partial charge in [0.2, 0.25) is 5.95 Å². The third-order valence-corrected chi connectivity index (χ3v) is 4.55. The van der Waals surface area contributed by atoms with Crippen LogP contribution >= 0.6 is 0 Å². The summed E-state index contributed by atoms with van der Waals surface area (Å²) < 4.78 is 0. The van der Waals surface area contributed by atoms with Gasteiger partial charge in [-0.2, -0.15) is 10.2 Å². The summed E-state index contributed by atoms with van der Waals surface area (Å²) in [7, 11) is 0. The van der Waals surface area contributed by atoms with Crippen LogP contribution in [0.3, 0.4) is 0 Å². The molecule has 5 nitrogen and oxygen atoms in total. The Morgan fingerprint density at radius 3 is 2.65 bits per heavy atom. The summed E-state index contributed by atoms with van der Waals surface area (Å²) in [4.78, 5) is 11.6. The van der Waals surface area contributed by atoms with Crippen molar-refractivity contribution in [2.75, 3.05) is 10.2 Å². The number of rotatable bonds is 3. The van der Waals surface area contributed by atoms with Gasteiger partial charge in [0.15, 0.2) is 0 Å². The second kappa shape index (κ2) is 6.49. The molecule has 1 aliphatic rings. The van der Waals surface area contributed by atoms with Crippen LogP contribution in [0.4, 0.5) is 23.1 Å². The molecule has 1 atom stereocenters. The quantitative estimate of drug-likeness (QED) is 0.761. The lowest BCUT2D eigenvalue weighted by molar-refractivity contribution is 0.738. The largest absolute Gasteiger partial charge is 0.340 e. The molecule has 0 fully saturated rings. The van der Waals surface area contributed by atoms with Gasteiger partial charge in [-0.1, -0.05) is 18.2 Å². The molecule has 0 spiro atoms. The molecule has 0 bridgehead atoms. The maximum absolute atomic E-state index is 8.92. The van der Waals surface area contributed by atoms with Crippen molar-refractivity contribution in [3.8, 4) is 6.07 Å². The molecule has 4 rings (SSSR count). The molecule has 5 heteroatoms. The number of aryl methyl sites for hydroxylation is 1. The Labute approximate surface area is 153 Å². The fraction of sp³-hybridized carbons (Fsp3) is 0.190. The lowest BCUT2D eigenvalue weighted by Gasteiger charge is -2.23. The fourth-order valence-electron chi connectivity index (χ4n) is 3.37. The molecule has 0 aliphatic carbocycles. The van der Waals surface area contributed by atoms with Gasteiger partial charge >= 0.3 is 0 Å². The van der Waals surface area contributed by atoms with Crippen LogP contribution in [-0.2, 0) is 6.42 Å². The molecule has 1 unspecified atom stereocenters. The van der Waals surface area contributed by atoms with Crippen molar-refractivity contribution in [2.24, 2.45) is 0 Å². The van der Waals surface area contributed by atoms with Crippen molar-refractivity contribution >= 4 is 23.1 Å². The molecule has 3 aromatic rings. The molecule has 26 heavy (non-hydrogen) atoms. The van der Waals surface area contributed by atoms with Gasteiger partial charge < -0.3 is 10.2 Å². The van der Waals surface area contributed by atoms with Crippen molar-refractivity contribution in [1.29, 1.82) is 5.26 Å². The summed E-state index contributed by atoms with van der Waals surface area (Å²) in [5.41, 5.74) is 4.94. The number of fused-ring (bicyclic) bond motifs is 1. The number of benzene rings is 2. The van der Waals surface area contributed by atoms with Crippen molar-refractivity contribution in [2.45, 2.75) is 26.3 Å². The smallest absolute Gasteiger partial charge is 0.232 e. The highest BCUT2D eigenvalue weighted by molar-refractivity contribution is 5.68. The number of hydrogen-bond donors (Lipinski definition) is 1. The van der Waals surface area contributed by atoms with Crippen LogP contribution in [0.1, 0.15) is 23.7 Å². The topological polar surface area (TPSA) is 64.8 Å². The molecule has 0 radical (unpaired) electrons. The minimum Gasteiger partial charge on any atom is -0.340 e. The maximum atomic E-state index is 8.92. The highest BCUT2D eigenvalue weighted by Gasteiger charge is 2.29. The van der Waals surface area contributed by atoms with Crippen LogP contribution in [0.25, 0.3) is 0 Å². The molecule has 2 aromatic carbocycles. The number of hydrogen-bond acceptors (Lipinski definition) is 5. The number of anilines is 4. The fourth-order valence-corrected chi connectivity index (χ4v) is 3.37. The zero-order valence-electron chi connectivity index (χ0n) is 14.8. The number of nitrogens with zero attached hydrogens (tertiary/aromatic N) is 4. The van der Waals surface area contributed by atoms with Crippen molar-refractivity contribution < 1.29 is 0 Å². The van der Waals surface area contributed by atoms with E-state index in [2.05, 4.69) is 52.5 Å². The molecule has 0 saturated heterocycles. The van der Waals surface area contributed by atoms with Gasteiger partial charge in [0.05, 0.1) is 11.6 Å². The zero-order valence-corrected chi connectivity index (χ0v) is 14.8. The third-order valence-electron chi connectivity index (χ3n) is 4.55. The summed E-state index contributed by atoms with van der Waals surface area (Å²) in [5, 5.41) is 12.2. The summed E-state index contributed by atoms with van der Waals surface area (Å²) >= 11 is 0. The Hall–Kier alpha value is -3.39. The Kier molecular flexibility index (Phi) is 4.02. The summed E-state index contributed by atoms with van der Waals surface area (Å²) in [6.45, 7) is 4.17. The predicted octanol–water partition coefficient (Wildman–Crippen LogP) is 4.48. The molecule has 1 aromatic heterocycles. The number of nitrogens with one attached hydrogen (secondary N) is 1. The van der Waals surface area contributed by atoms with Gasteiger partial charge in [-0.3, -0.25) is 0 Å². The molecule has 1 N–H and O–H groups in total. The van der Waals surface area contributed by atoms with E-state index in [9.17, 15) is 0 Å². The van der Waals surface area contributed by atoms with Gasteiger partial charge in [-0.15, -0.1) is 0 Å². The zero-order chi connectivity index (χ0) is 18.1. The molecular weight excluding hydrogens is 322 g/mol. The number of nitriles is 1. The number of aromatic nitrogens is 2. The first-order chi connectivity index (χ1) is 12.6. The van der Waals surface area contributed by atoms with Crippen molar-refractivity contribution in [3.63, 3.8) is 0 Å². The lowest BCUT2D eigenvalue weighted by Crippen LogP contribution is -2.26. The van der Waals surface area contributed by atoms with E-state index in [0.29, 0.717) is 17.6 Å². The number of para-hydroxylation sites is 1. The van der Waals surface area contributed by atoms with Crippen LogP contribution in [0, 0.1) is 18.3 Å². The average Bonchev–Trinajstić information content (AvgIpc) is 2.97. The van der Waals surface area contributed by atoms with Gasteiger partial charge in [-0.25, -0.2) is 4.98 Å². The van der Waals surface area contributed by atoms with Crippen LogP contribution in [-0.4, -0.2) is 16.0 Å². The van der Waals surface area contributed by atoms with Crippen LogP contribution in [0.15, 0.2) is 54.6 Å². The van der Waals surface area contributed by atoms with Crippen LogP contribution in [0.2, 0.25) is 0 Å². The first-order valence-electron chi connectivity index (χ1n) is 8.64. The normalized spacial score (nSPS) is 15.4. The van der Waals surface area contributed by atoms with Gasteiger partial charge in [0.25, 0.3) is 0 Å². The van der Waals surface area contributed by atoms with E-state index in [1.165, 1.54) is 11.3 Å². The molecule has 0 amide bonds. The molecule has 0 saturated carbocycles. The van der Waals surface area contributed by atoms with E-state index >= 15 is 0 Å². The first kappa shape index (κ1) is 16.1. The molecule has 128 valence electrons. The minimum atomic E-state index is 0.317. The Morgan fingerprint density at radius 2 is 1.88 bits per heavy atom. The van der Waals surface area contributed by atoms with E-state index in [-0.39, 0.29) is 0 Å². The first-order valence-corrected chi connectivity index (χ1v) is 8.64. The SMILES string of the molecule is Cc1cc(Nc2ccc(C#N)cc2)nc(N2c3ccccc3CC2C)n1. The Morgan fingerprint density at radius 1 is 1.12 bits per heavy atom. The lowest BCUT2D eigenvalue weighted by atomic mass is 10.1. The van der Waals surface area contributed by atoms with E-state index in [1.807, 2.05) is 25.1 Å². The maximum Gasteiger partial charge on any atom is 0.232 e. The summed E-state index contributed by atoms with van der Waals surface area (Å²) in [5.74, 6) is 1.45. The van der Waals surface area contributed by atoms with E-state index in [4.69, 9.17) is 10.2 Å². The van der Waals surface area contributed by atoms with Gasteiger partial charge in [-0.05, 0) is 56.2 Å². The highest BCUT2D eigenvalue weighted by Crippen LogP contribution is 2.36. The molecule has 2 heterocycles. The summed E-state index contributed by atoms with van der Waals surface area (Å²) in [6.07, 6.45) is 0.992. The molecule has 1 aliphatic heterocycles. The standard InChI is InChI=1S/C21H19N5/c1-14-11-20(24-18-9-7-16(13-22)8-10-18)25-21(23-14)26-15(2)12-17-5-3-4-6-19(17)26/h3-11,15H,12H2,1-2H3,(H,23,24,25). The van der Waals surface area contributed by atoms with Crippen LogP contribution in [0.5, 0.6) is 0 Å². The van der Waals surface area contributed by atoms with Crippen molar-refractivity contribution in [1.82, 2.24) is 9.97 Å². The Balaban J connectivity index is 1.67. The average molecular weight is 341 g/mol. The van der Waals surface area contributed by atoms with E-state index in [1.54, 1.807) is 12.1 Å². The van der Waals surface area contributed by atoms with E-state index < -0.39 is 0 Å². The van der Waals surface area contributed by atoms with Crippen molar-refractivity contribution in [3.05, 3.63) is 71.4 Å². The minimum absolute atomic E-state index is 0.317. The van der Waals surface area contributed by atoms with Gasteiger partial charge in [0.1, 0.15) is 5.82 Å². The highest BCUT2D eigenvalue weighted by atomic mass is 15.3. The Bertz CT molecular complexity index is 988. The predicted molar refractivity (Wildman–Crippen MR) is 103 cm³/mol. The monoisotopic (exact) mass is 341 g/mol. The van der Waals surface area contributed by atoms with Crippen LogP contribution < -0.4 is 10.2 Å². The van der Waals surface area contributed by atoms with Gasteiger partial charge in [0, 0.05) is 29.2 Å². The third kappa shape index (κ3) is 2.98.